The summed E-state index contributed by atoms with van der Waals surface area (Å²) in [6.07, 6.45) is 8.32. The minimum Gasteiger partial charge on any atom is -0.351 e. The van der Waals surface area contributed by atoms with Crippen LogP contribution in [0.25, 0.3) is 0 Å². The molecular weight excluding hydrogens is 350 g/mol. The predicted octanol–water partition coefficient (Wildman–Crippen LogP) is 2.00. The molecule has 0 aromatic heterocycles. The minimum atomic E-state index is -3.30. The lowest BCUT2D eigenvalue weighted by atomic mass is 9.94. The van der Waals surface area contributed by atoms with E-state index in [2.05, 4.69) is 17.3 Å². The van der Waals surface area contributed by atoms with Crippen LogP contribution in [-0.4, -0.2) is 58.2 Å². The summed E-state index contributed by atoms with van der Waals surface area (Å²) in [6, 6.07) is 5.97. The number of nitrogens with one attached hydrogen (secondary N) is 1. The summed E-state index contributed by atoms with van der Waals surface area (Å²) < 4.78 is 25.2. The first-order valence-electron chi connectivity index (χ1n) is 9.45. The number of anilines is 1. The van der Waals surface area contributed by atoms with E-state index in [1.54, 1.807) is 12.1 Å². The number of rotatable bonds is 6. The first-order valence-corrected chi connectivity index (χ1v) is 11.3. The molecule has 0 unspecified atom stereocenters. The van der Waals surface area contributed by atoms with E-state index >= 15 is 0 Å². The van der Waals surface area contributed by atoms with Gasteiger partial charge in [-0.2, -0.15) is 0 Å². The zero-order valence-corrected chi connectivity index (χ0v) is 16.5. The van der Waals surface area contributed by atoms with E-state index in [9.17, 15) is 13.2 Å². The molecule has 144 valence electrons. The van der Waals surface area contributed by atoms with Crippen molar-refractivity contribution in [2.24, 2.45) is 0 Å². The minimum absolute atomic E-state index is 0.148. The fourth-order valence-electron chi connectivity index (χ4n) is 3.99. The van der Waals surface area contributed by atoms with E-state index < -0.39 is 10.0 Å². The molecule has 0 radical (unpaired) electrons. The average molecular weight is 380 g/mol. The highest BCUT2D eigenvalue weighted by atomic mass is 32.2. The van der Waals surface area contributed by atoms with Gasteiger partial charge in [-0.05, 0) is 44.0 Å². The zero-order chi connectivity index (χ0) is 18.7. The van der Waals surface area contributed by atoms with Gasteiger partial charge in [0.15, 0.2) is 0 Å². The van der Waals surface area contributed by atoms with Crippen molar-refractivity contribution >= 4 is 21.6 Å². The third kappa shape index (κ3) is 4.38. The van der Waals surface area contributed by atoms with Gasteiger partial charge in [-0.3, -0.25) is 9.10 Å². The van der Waals surface area contributed by atoms with Crippen molar-refractivity contribution in [2.45, 2.75) is 44.6 Å². The van der Waals surface area contributed by atoms with E-state index in [1.807, 2.05) is 6.07 Å². The smallest absolute Gasteiger partial charge is 0.251 e. The molecule has 1 fully saturated rings. The van der Waals surface area contributed by atoms with Gasteiger partial charge in [0.25, 0.3) is 5.91 Å². The molecule has 1 saturated carbocycles. The van der Waals surface area contributed by atoms with E-state index in [0.717, 1.165) is 12.1 Å². The maximum absolute atomic E-state index is 12.5. The first kappa shape index (κ1) is 19.2. The second-order valence-corrected chi connectivity index (χ2v) is 9.36. The lowest BCUT2D eigenvalue weighted by Crippen LogP contribution is -2.39. The van der Waals surface area contributed by atoms with Crippen molar-refractivity contribution in [3.8, 4) is 0 Å². The predicted molar refractivity (Wildman–Crippen MR) is 104 cm³/mol. The summed E-state index contributed by atoms with van der Waals surface area (Å²) in [6.45, 7) is 1.88. The Morgan fingerprint density at radius 3 is 2.69 bits per heavy atom. The molecule has 0 spiro atoms. The fourth-order valence-corrected chi connectivity index (χ4v) is 4.94. The summed E-state index contributed by atoms with van der Waals surface area (Å²) in [7, 11) is -1.18. The van der Waals surface area contributed by atoms with Crippen molar-refractivity contribution in [2.75, 3.05) is 37.2 Å². The van der Waals surface area contributed by atoms with Gasteiger partial charge in [-0.1, -0.05) is 25.3 Å². The zero-order valence-electron chi connectivity index (χ0n) is 15.7. The van der Waals surface area contributed by atoms with E-state index in [0.29, 0.717) is 36.8 Å². The molecule has 2 aliphatic rings. The number of carbonyl (C=O) groups is 1. The maximum Gasteiger partial charge on any atom is 0.251 e. The van der Waals surface area contributed by atoms with Crippen molar-refractivity contribution < 1.29 is 13.2 Å². The Balaban J connectivity index is 1.57. The van der Waals surface area contributed by atoms with Crippen LogP contribution in [0, 0.1) is 0 Å². The number of carbonyl (C=O) groups excluding carboxylic acids is 1. The van der Waals surface area contributed by atoms with Gasteiger partial charge in [0.05, 0.1) is 11.9 Å². The Bertz CT molecular complexity index is 757. The molecule has 3 rings (SSSR count). The second kappa shape index (κ2) is 7.96. The van der Waals surface area contributed by atoms with Crippen LogP contribution >= 0.6 is 0 Å². The number of hydrogen-bond donors (Lipinski definition) is 1. The molecule has 1 heterocycles. The topological polar surface area (TPSA) is 69.7 Å². The maximum atomic E-state index is 12.5. The molecule has 1 aliphatic heterocycles. The highest BCUT2D eigenvalue weighted by Gasteiger charge is 2.27. The normalized spacial score (nSPS) is 18.2. The fraction of sp³-hybridized carbons (Fsp3) is 0.632. The summed E-state index contributed by atoms with van der Waals surface area (Å²) in [5.74, 6) is -0.148. The van der Waals surface area contributed by atoms with E-state index in [-0.39, 0.29) is 5.91 Å². The molecule has 1 amide bonds. The number of benzene rings is 1. The second-order valence-electron chi connectivity index (χ2n) is 7.46. The third-order valence-corrected chi connectivity index (χ3v) is 6.73. The Morgan fingerprint density at radius 1 is 1.27 bits per heavy atom. The van der Waals surface area contributed by atoms with Crippen LogP contribution in [-0.2, 0) is 16.4 Å². The molecule has 1 aromatic carbocycles. The Hall–Kier alpha value is -1.60. The lowest BCUT2D eigenvalue weighted by molar-refractivity contribution is 0.0944. The van der Waals surface area contributed by atoms with Gasteiger partial charge in [-0.15, -0.1) is 0 Å². The van der Waals surface area contributed by atoms with Crippen molar-refractivity contribution in [1.29, 1.82) is 0 Å². The number of hydrogen-bond acceptors (Lipinski definition) is 4. The molecule has 0 atom stereocenters. The van der Waals surface area contributed by atoms with Crippen molar-refractivity contribution in [3.05, 3.63) is 29.3 Å². The monoisotopic (exact) mass is 379 g/mol. The van der Waals surface area contributed by atoms with Crippen molar-refractivity contribution in [1.82, 2.24) is 10.2 Å². The highest BCUT2D eigenvalue weighted by Crippen LogP contribution is 2.30. The van der Waals surface area contributed by atoms with Gasteiger partial charge in [0.1, 0.15) is 0 Å². The van der Waals surface area contributed by atoms with Crippen LogP contribution in [0.15, 0.2) is 18.2 Å². The van der Waals surface area contributed by atoms with Crippen LogP contribution < -0.4 is 9.62 Å². The van der Waals surface area contributed by atoms with E-state index in [1.165, 1.54) is 42.7 Å². The Morgan fingerprint density at radius 2 is 2.00 bits per heavy atom. The number of sulfonamides is 1. The average Bonchev–Trinajstić information content (AvgIpc) is 3.05. The Labute approximate surface area is 156 Å². The third-order valence-electron chi connectivity index (χ3n) is 5.55. The molecule has 26 heavy (non-hydrogen) atoms. The van der Waals surface area contributed by atoms with Crippen LogP contribution in [0.5, 0.6) is 0 Å². The summed E-state index contributed by atoms with van der Waals surface area (Å²) in [4.78, 5) is 14.8. The van der Waals surface area contributed by atoms with Gasteiger partial charge in [0.2, 0.25) is 10.0 Å². The van der Waals surface area contributed by atoms with Crippen LogP contribution in [0.1, 0.15) is 48.0 Å². The Kier molecular flexibility index (Phi) is 5.87. The largest absolute Gasteiger partial charge is 0.351 e. The van der Waals surface area contributed by atoms with Gasteiger partial charge < -0.3 is 10.2 Å². The molecule has 7 heteroatoms. The van der Waals surface area contributed by atoms with Crippen LogP contribution in [0.4, 0.5) is 5.69 Å². The first-order chi connectivity index (χ1) is 12.4. The molecular formula is C19H29N3O3S. The van der Waals surface area contributed by atoms with E-state index in [4.69, 9.17) is 0 Å². The van der Waals surface area contributed by atoms with Gasteiger partial charge in [0, 0.05) is 31.2 Å². The van der Waals surface area contributed by atoms with Gasteiger partial charge >= 0.3 is 0 Å². The number of amides is 1. The summed E-state index contributed by atoms with van der Waals surface area (Å²) in [5.41, 5.74) is 2.13. The highest BCUT2D eigenvalue weighted by molar-refractivity contribution is 7.92. The number of likely N-dealkylation sites (N-methyl/N-ethyl adjacent to an activating group) is 1. The molecule has 1 N–H and O–H groups in total. The van der Waals surface area contributed by atoms with Gasteiger partial charge in [-0.25, -0.2) is 8.42 Å². The summed E-state index contributed by atoms with van der Waals surface area (Å²) in [5, 5.41) is 2.97. The van der Waals surface area contributed by atoms with Crippen molar-refractivity contribution in [3.63, 3.8) is 0 Å². The number of nitrogens with zero attached hydrogens (tertiary/aromatic N) is 2. The molecule has 0 saturated heterocycles. The standard InChI is InChI=1S/C19H29N3O3S/c1-21(17-6-4-3-5-7-17)13-11-20-19(23)16-9-8-15-10-12-22(18(15)14-16)26(2,24)25/h8-9,14,17H,3-7,10-13H2,1-2H3,(H,20,23). The number of fused-ring (bicyclic) bond motifs is 1. The molecule has 1 aliphatic carbocycles. The lowest BCUT2D eigenvalue weighted by Gasteiger charge is -2.31. The molecule has 6 nitrogen and oxygen atoms in total. The summed E-state index contributed by atoms with van der Waals surface area (Å²) >= 11 is 0. The molecule has 0 bridgehead atoms. The quantitative estimate of drug-likeness (QED) is 0.821. The van der Waals surface area contributed by atoms with Crippen LogP contribution in [0.3, 0.4) is 0 Å². The van der Waals surface area contributed by atoms with Crippen LogP contribution in [0.2, 0.25) is 0 Å². The molecule has 1 aromatic rings. The SMILES string of the molecule is CN(CCNC(=O)c1ccc2c(c1)N(S(C)(=O)=O)CC2)C1CCCCC1.